The number of nitrogens with one attached hydrogen (secondary N) is 2. The number of hydrazine groups is 2. The van der Waals surface area contributed by atoms with E-state index >= 15 is 0 Å². The molecule has 0 rings (SSSR count). The van der Waals surface area contributed by atoms with E-state index in [1.807, 2.05) is 0 Å². The van der Waals surface area contributed by atoms with E-state index in [1.54, 1.807) is 10.9 Å². The predicted octanol–water partition coefficient (Wildman–Crippen LogP) is -0.161. The number of unbranched alkanes of at least 4 members (excludes halogenated alkanes) is 1. The van der Waals surface area contributed by atoms with Crippen molar-refractivity contribution in [1.82, 2.24) is 10.9 Å². The van der Waals surface area contributed by atoms with Crippen molar-refractivity contribution in [1.29, 1.82) is 0 Å². The van der Waals surface area contributed by atoms with Crippen LogP contribution in [0, 0.1) is 0 Å². The molecule has 5 heteroatoms. The van der Waals surface area contributed by atoms with Crippen molar-refractivity contribution in [2.75, 3.05) is 0 Å². The standard InChI is InChI=1S/C4H10.CH6N4O/c1-3-4-2;2-4-1(6)5-3/h3-4H2,1-2H3;2-3H2,(H2,4,5,6). The van der Waals surface area contributed by atoms with Gasteiger partial charge in [-0.05, 0) is 0 Å². The third-order valence-electron chi connectivity index (χ3n) is 0.762. The maximum atomic E-state index is 9.71. The van der Waals surface area contributed by atoms with Crippen LogP contribution in [0.2, 0.25) is 0 Å². The summed E-state index contributed by atoms with van der Waals surface area (Å²) in [6.07, 6.45) is 2.64. The molecule has 6 N–H and O–H groups in total. The van der Waals surface area contributed by atoms with E-state index in [4.69, 9.17) is 0 Å². The highest BCUT2D eigenvalue weighted by Gasteiger charge is 1.82. The fourth-order valence-electron chi connectivity index (χ4n) is 0.0417. The monoisotopic (exact) mass is 148 g/mol. The molecule has 0 spiro atoms. The summed E-state index contributed by atoms with van der Waals surface area (Å²) in [6, 6.07) is -0.602. The SMILES string of the molecule is CCCC.NNC(=O)NN. The summed E-state index contributed by atoms with van der Waals surface area (Å²) in [4.78, 5) is 9.71. The second-order valence-electron chi connectivity index (χ2n) is 1.62. The summed E-state index contributed by atoms with van der Waals surface area (Å²) in [6.45, 7) is 4.36. The molecule has 0 atom stereocenters. The lowest BCUT2D eigenvalue weighted by Crippen LogP contribution is -2.43. The molecule has 0 aliphatic carbocycles. The molecule has 0 aliphatic heterocycles. The highest BCUT2D eigenvalue weighted by molar-refractivity contribution is 5.72. The van der Waals surface area contributed by atoms with Crippen LogP contribution < -0.4 is 22.5 Å². The summed E-state index contributed by atoms with van der Waals surface area (Å²) in [5.74, 6) is 9.08. The Morgan fingerprint density at radius 1 is 1.20 bits per heavy atom. The van der Waals surface area contributed by atoms with E-state index in [2.05, 4.69) is 25.5 Å². The van der Waals surface area contributed by atoms with Gasteiger partial charge in [-0.1, -0.05) is 26.7 Å². The molecule has 0 saturated heterocycles. The van der Waals surface area contributed by atoms with Crippen molar-refractivity contribution in [3.8, 4) is 0 Å². The maximum absolute atomic E-state index is 9.71. The summed E-state index contributed by atoms with van der Waals surface area (Å²) in [5, 5.41) is 0. The number of urea groups is 1. The molecule has 0 aromatic heterocycles. The van der Waals surface area contributed by atoms with Crippen LogP contribution in [-0.4, -0.2) is 6.03 Å². The molecule has 0 aliphatic rings. The summed E-state index contributed by atoms with van der Waals surface area (Å²) in [7, 11) is 0. The third kappa shape index (κ3) is 15.7. The lowest BCUT2D eigenvalue weighted by atomic mass is 10.4. The molecule has 0 aromatic rings. The van der Waals surface area contributed by atoms with Gasteiger partial charge in [-0.25, -0.2) is 16.5 Å². The topological polar surface area (TPSA) is 93.2 Å². The van der Waals surface area contributed by atoms with Crippen LogP contribution in [0.3, 0.4) is 0 Å². The van der Waals surface area contributed by atoms with Crippen LogP contribution in [0.4, 0.5) is 4.79 Å². The fraction of sp³-hybridized carbons (Fsp3) is 0.800. The van der Waals surface area contributed by atoms with Crippen molar-refractivity contribution in [3.63, 3.8) is 0 Å². The number of hydrogen-bond donors (Lipinski definition) is 4. The average Bonchev–Trinajstić information content (AvgIpc) is 2.03. The van der Waals surface area contributed by atoms with E-state index < -0.39 is 6.03 Å². The van der Waals surface area contributed by atoms with E-state index in [-0.39, 0.29) is 0 Å². The van der Waals surface area contributed by atoms with E-state index in [0.717, 1.165) is 0 Å². The maximum Gasteiger partial charge on any atom is 0.343 e. The summed E-state index contributed by atoms with van der Waals surface area (Å²) in [5.41, 5.74) is 3.48. The first-order valence-corrected chi connectivity index (χ1v) is 3.20. The van der Waals surface area contributed by atoms with Crippen LogP contribution >= 0.6 is 0 Å². The Morgan fingerprint density at radius 3 is 1.50 bits per heavy atom. The molecule has 0 unspecified atom stereocenters. The molecule has 2 amide bonds. The normalized spacial score (nSPS) is 7.20. The number of hydrogen-bond acceptors (Lipinski definition) is 3. The zero-order valence-electron chi connectivity index (χ0n) is 6.48. The van der Waals surface area contributed by atoms with Gasteiger partial charge in [0.25, 0.3) is 0 Å². The Bertz CT molecular complexity index is 68.0. The van der Waals surface area contributed by atoms with Crippen molar-refractivity contribution in [2.45, 2.75) is 26.7 Å². The molecule has 5 nitrogen and oxygen atoms in total. The molecule has 0 bridgehead atoms. The Hall–Kier alpha value is -0.810. The molecule has 10 heavy (non-hydrogen) atoms. The van der Waals surface area contributed by atoms with E-state index in [1.165, 1.54) is 12.8 Å². The number of rotatable bonds is 1. The third-order valence-corrected chi connectivity index (χ3v) is 0.762. The molecule has 62 valence electrons. The molecule has 0 saturated carbocycles. The van der Waals surface area contributed by atoms with Gasteiger partial charge >= 0.3 is 6.03 Å². The first kappa shape index (κ1) is 11.9. The predicted molar refractivity (Wildman–Crippen MR) is 40.6 cm³/mol. The first-order chi connectivity index (χ1) is 4.72. The van der Waals surface area contributed by atoms with Gasteiger partial charge in [0.05, 0.1) is 0 Å². The number of amides is 2. The van der Waals surface area contributed by atoms with Crippen LogP contribution in [0.1, 0.15) is 26.7 Å². The Morgan fingerprint density at radius 2 is 1.50 bits per heavy atom. The molecule has 0 fully saturated rings. The van der Waals surface area contributed by atoms with Crippen LogP contribution in [0.5, 0.6) is 0 Å². The molecule has 0 radical (unpaired) electrons. The quantitative estimate of drug-likeness (QED) is 0.236. The smallest absolute Gasteiger partial charge is 0.275 e. The Balaban J connectivity index is 0. The summed E-state index contributed by atoms with van der Waals surface area (Å²) < 4.78 is 0. The van der Waals surface area contributed by atoms with Crippen molar-refractivity contribution in [2.24, 2.45) is 11.7 Å². The highest BCUT2D eigenvalue weighted by atomic mass is 16.2. The van der Waals surface area contributed by atoms with E-state index in [9.17, 15) is 4.79 Å². The van der Waals surface area contributed by atoms with Gasteiger partial charge in [-0.3, -0.25) is 10.9 Å². The van der Waals surface area contributed by atoms with Gasteiger partial charge in [0.2, 0.25) is 0 Å². The van der Waals surface area contributed by atoms with E-state index in [0.29, 0.717) is 0 Å². The minimum absolute atomic E-state index is 0.602. The fourth-order valence-corrected chi connectivity index (χ4v) is 0.0417. The van der Waals surface area contributed by atoms with Crippen LogP contribution in [0.15, 0.2) is 0 Å². The van der Waals surface area contributed by atoms with Gasteiger partial charge in [-0.15, -0.1) is 0 Å². The van der Waals surface area contributed by atoms with Gasteiger partial charge in [0.15, 0.2) is 0 Å². The second kappa shape index (κ2) is 11.0. The zero-order chi connectivity index (χ0) is 8.41. The largest absolute Gasteiger partial charge is 0.343 e. The minimum Gasteiger partial charge on any atom is -0.275 e. The lowest BCUT2D eigenvalue weighted by molar-refractivity contribution is 0.241. The lowest BCUT2D eigenvalue weighted by Gasteiger charge is -1.90. The highest BCUT2D eigenvalue weighted by Crippen LogP contribution is 1.76. The zero-order valence-corrected chi connectivity index (χ0v) is 6.48. The van der Waals surface area contributed by atoms with Gasteiger partial charge in [0, 0.05) is 0 Å². The van der Waals surface area contributed by atoms with Crippen LogP contribution in [-0.2, 0) is 0 Å². The van der Waals surface area contributed by atoms with Crippen molar-refractivity contribution < 1.29 is 4.79 Å². The van der Waals surface area contributed by atoms with Crippen molar-refractivity contribution >= 4 is 6.03 Å². The Labute approximate surface area is 61.1 Å². The van der Waals surface area contributed by atoms with Crippen LogP contribution in [0.25, 0.3) is 0 Å². The average molecular weight is 148 g/mol. The van der Waals surface area contributed by atoms with Gasteiger partial charge in [-0.2, -0.15) is 0 Å². The van der Waals surface area contributed by atoms with Gasteiger partial charge < -0.3 is 0 Å². The molecular formula is C5H16N4O. The first-order valence-electron chi connectivity index (χ1n) is 3.20. The molecule has 0 heterocycles. The summed E-state index contributed by atoms with van der Waals surface area (Å²) >= 11 is 0. The number of carbonyl (C=O) groups is 1. The minimum atomic E-state index is -0.602. The number of carbonyl (C=O) groups excluding carboxylic acids is 1. The van der Waals surface area contributed by atoms with Crippen molar-refractivity contribution in [3.05, 3.63) is 0 Å². The second-order valence-corrected chi connectivity index (χ2v) is 1.62. The van der Waals surface area contributed by atoms with Gasteiger partial charge in [0.1, 0.15) is 0 Å². The Kier molecular flexibility index (Phi) is 13.2. The molecule has 0 aromatic carbocycles. The number of nitrogens with two attached hydrogens (primary N) is 2. The molecular weight excluding hydrogens is 132 g/mol.